The van der Waals surface area contributed by atoms with Gasteiger partial charge in [-0.05, 0) is 82.2 Å². The van der Waals surface area contributed by atoms with E-state index in [9.17, 15) is 13.2 Å². The lowest BCUT2D eigenvalue weighted by Crippen LogP contribution is -3.19. The number of benzene rings is 1. The summed E-state index contributed by atoms with van der Waals surface area (Å²) in [6.07, 6.45) is 2.18. The predicted molar refractivity (Wildman–Crippen MR) is 115 cm³/mol. The summed E-state index contributed by atoms with van der Waals surface area (Å²) >= 11 is 0. The molecule has 2 aliphatic heterocycles. The fourth-order valence-corrected chi connectivity index (χ4v) is 6.82. The van der Waals surface area contributed by atoms with E-state index in [0.717, 1.165) is 48.2 Å². The minimum Gasteiger partial charge on any atom is -0.338 e. The molecule has 1 N–H and O–H groups in total. The summed E-state index contributed by atoms with van der Waals surface area (Å²) in [5.74, 6) is 0.213. The van der Waals surface area contributed by atoms with Gasteiger partial charge in [0.05, 0.1) is 31.1 Å². The van der Waals surface area contributed by atoms with Gasteiger partial charge in [-0.2, -0.15) is 4.31 Å². The number of likely N-dealkylation sites (tertiary alicyclic amines) is 1. The highest BCUT2D eigenvalue weighted by molar-refractivity contribution is 7.89. The molecule has 0 bridgehead atoms. The summed E-state index contributed by atoms with van der Waals surface area (Å²) in [5.41, 5.74) is 5.00. The van der Waals surface area contributed by atoms with Gasteiger partial charge < -0.3 is 9.80 Å². The first-order valence-corrected chi connectivity index (χ1v) is 12.2. The van der Waals surface area contributed by atoms with Crippen LogP contribution in [-0.4, -0.2) is 68.8 Å². The first kappa shape index (κ1) is 22.2. The van der Waals surface area contributed by atoms with Gasteiger partial charge in [0, 0.05) is 13.1 Å². The molecule has 29 heavy (non-hydrogen) atoms. The van der Waals surface area contributed by atoms with E-state index in [1.54, 1.807) is 4.31 Å². The molecule has 0 saturated carbocycles. The van der Waals surface area contributed by atoms with E-state index in [4.69, 9.17) is 0 Å². The SMILES string of the molecule is Cc1c(C)c(C)c(S(=O)(=O)N2CC[NH+]([C@@H](C)C(=O)N3CCCC3)CC2)c(C)c1C. The lowest BCUT2D eigenvalue weighted by Gasteiger charge is -2.36. The summed E-state index contributed by atoms with van der Waals surface area (Å²) in [5, 5.41) is 0. The Labute approximate surface area is 175 Å². The van der Waals surface area contributed by atoms with Crippen molar-refractivity contribution in [3.8, 4) is 0 Å². The highest BCUT2D eigenvalue weighted by atomic mass is 32.2. The predicted octanol–water partition coefficient (Wildman–Crippen LogP) is 1.13. The van der Waals surface area contributed by atoms with E-state index < -0.39 is 10.0 Å². The molecule has 2 aliphatic rings. The normalized spacial score (nSPS) is 20.3. The Bertz CT molecular complexity index is 867. The number of piperazine rings is 1. The van der Waals surface area contributed by atoms with Crippen LogP contribution in [0, 0.1) is 34.6 Å². The topological polar surface area (TPSA) is 62.1 Å². The average Bonchev–Trinajstić information content (AvgIpc) is 3.24. The zero-order chi connectivity index (χ0) is 21.5. The number of amides is 1. The van der Waals surface area contributed by atoms with Crippen LogP contribution in [0.4, 0.5) is 0 Å². The summed E-state index contributed by atoms with van der Waals surface area (Å²) in [7, 11) is -3.55. The van der Waals surface area contributed by atoms with Crippen molar-refractivity contribution in [2.75, 3.05) is 39.3 Å². The van der Waals surface area contributed by atoms with E-state index in [0.29, 0.717) is 31.1 Å². The van der Waals surface area contributed by atoms with Gasteiger partial charge in [-0.1, -0.05) is 0 Å². The van der Waals surface area contributed by atoms with E-state index in [2.05, 4.69) is 6.92 Å². The largest absolute Gasteiger partial charge is 0.338 e. The first-order chi connectivity index (χ1) is 13.6. The Morgan fingerprint density at radius 1 is 0.828 bits per heavy atom. The van der Waals surface area contributed by atoms with Gasteiger partial charge in [0.1, 0.15) is 0 Å². The second-order valence-corrected chi connectivity index (χ2v) is 10.6. The Morgan fingerprint density at radius 2 is 1.28 bits per heavy atom. The summed E-state index contributed by atoms with van der Waals surface area (Å²) in [6, 6.07) is -0.106. The number of quaternary nitrogens is 1. The fourth-order valence-electron chi connectivity index (χ4n) is 4.81. The molecule has 3 rings (SSSR count). The fraction of sp³-hybridized carbons (Fsp3) is 0.682. The maximum absolute atomic E-state index is 13.5. The smallest absolute Gasteiger partial charge is 0.280 e. The van der Waals surface area contributed by atoms with Crippen molar-refractivity contribution in [3.63, 3.8) is 0 Å². The average molecular weight is 423 g/mol. The number of carbonyl (C=O) groups is 1. The molecule has 0 unspecified atom stereocenters. The first-order valence-electron chi connectivity index (χ1n) is 10.8. The summed E-state index contributed by atoms with van der Waals surface area (Å²) < 4.78 is 28.6. The minimum absolute atomic E-state index is 0.106. The number of hydrogen-bond acceptors (Lipinski definition) is 3. The van der Waals surface area contributed by atoms with Crippen LogP contribution in [0.3, 0.4) is 0 Å². The minimum atomic E-state index is -3.55. The highest BCUT2D eigenvalue weighted by Gasteiger charge is 2.37. The Hall–Kier alpha value is -1.44. The molecule has 0 aliphatic carbocycles. The van der Waals surface area contributed by atoms with Crippen LogP contribution < -0.4 is 4.90 Å². The second-order valence-electron chi connectivity index (χ2n) is 8.77. The maximum atomic E-state index is 13.5. The van der Waals surface area contributed by atoms with Crippen LogP contribution in [0.15, 0.2) is 4.90 Å². The van der Waals surface area contributed by atoms with Crippen LogP contribution in [0.1, 0.15) is 47.6 Å². The molecule has 0 aromatic heterocycles. The van der Waals surface area contributed by atoms with E-state index in [1.807, 2.05) is 39.5 Å². The van der Waals surface area contributed by atoms with Gasteiger partial charge in [0.15, 0.2) is 6.04 Å². The molecular weight excluding hydrogens is 386 g/mol. The third-order valence-corrected chi connectivity index (χ3v) is 9.47. The van der Waals surface area contributed by atoms with Crippen molar-refractivity contribution >= 4 is 15.9 Å². The monoisotopic (exact) mass is 422 g/mol. The molecule has 162 valence electrons. The molecule has 6 nitrogen and oxygen atoms in total. The number of hydrogen-bond donors (Lipinski definition) is 1. The summed E-state index contributed by atoms with van der Waals surface area (Å²) in [4.78, 5) is 16.3. The molecule has 1 amide bonds. The molecule has 1 aromatic rings. The van der Waals surface area contributed by atoms with E-state index >= 15 is 0 Å². The molecule has 0 radical (unpaired) electrons. The van der Waals surface area contributed by atoms with Crippen LogP contribution in [-0.2, 0) is 14.8 Å². The van der Waals surface area contributed by atoms with E-state index in [1.165, 1.54) is 10.5 Å². The Kier molecular flexibility index (Phi) is 6.41. The van der Waals surface area contributed by atoms with Crippen molar-refractivity contribution in [2.45, 2.75) is 65.3 Å². The third kappa shape index (κ3) is 3.97. The van der Waals surface area contributed by atoms with Crippen molar-refractivity contribution < 1.29 is 18.1 Å². The number of carbonyl (C=O) groups excluding carboxylic acids is 1. The van der Waals surface area contributed by atoms with Crippen molar-refractivity contribution in [3.05, 3.63) is 27.8 Å². The third-order valence-electron chi connectivity index (χ3n) is 7.29. The second kappa shape index (κ2) is 8.36. The number of sulfonamides is 1. The molecule has 1 aromatic carbocycles. The quantitative estimate of drug-likeness (QED) is 0.791. The highest BCUT2D eigenvalue weighted by Crippen LogP contribution is 2.31. The van der Waals surface area contributed by atoms with Gasteiger partial charge in [-0.25, -0.2) is 8.42 Å². The van der Waals surface area contributed by atoms with Gasteiger partial charge in [-0.15, -0.1) is 0 Å². The molecule has 7 heteroatoms. The standard InChI is InChI=1S/C22H35N3O3S/c1-15-16(2)18(4)21(19(5)17(15)3)29(27,28)25-13-11-23(12-14-25)20(6)22(26)24-9-7-8-10-24/h20H,7-14H2,1-6H3/p+1/t20-/m0/s1. The van der Waals surface area contributed by atoms with Gasteiger partial charge in [-0.3, -0.25) is 4.79 Å². The molecule has 2 heterocycles. The molecule has 1 atom stereocenters. The summed E-state index contributed by atoms with van der Waals surface area (Å²) in [6.45, 7) is 15.9. The van der Waals surface area contributed by atoms with Crippen molar-refractivity contribution in [1.29, 1.82) is 0 Å². The van der Waals surface area contributed by atoms with E-state index in [-0.39, 0.29) is 11.9 Å². The Morgan fingerprint density at radius 3 is 1.76 bits per heavy atom. The molecule has 2 saturated heterocycles. The molecule has 2 fully saturated rings. The number of rotatable bonds is 4. The lowest BCUT2D eigenvalue weighted by molar-refractivity contribution is -0.918. The molecular formula is C22H36N3O3S+. The maximum Gasteiger partial charge on any atom is 0.280 e. The van der Waals surface area contributed by atoms with Crippen LogP contribution in [0.25, 0.3) is 0 Å². The zero-order valence-electron chi connectivity index (χ0n) is 18.8. The van der Waals surface area contributed by atoms with Crippen LogP contribution in [0.5, 0.6) is 0 Å². The zero-order valence-corrected chi connectivity index (χ0v) is 19.6. The van der Waals surface area contributed by atoms with Crippen molar-refractivity contribution in [1.82, 2.24) is 9.21 Å². The Balaban J connectivity index is 1.76. The lowest BCUT2D eigenvalue weighted by atomic mass is 9.95. The number of nitrogens with zero attached hydrogens (tertiary/aromatic N) is 2. The van der Waals surface area contributed by atoms with Crippen molar-refractivity contribution in [2.24, 2.45) is 0 Å². The van der Waals surface area contributed by atoms with Crippen LogP contribution >= 0.6 is 0 Å². The van der Waals surface area contributed by atoms with Crippen LogP contribution in [0.2, 0.25) is 0 Å². The van der Waals surface area contributed by atoms with Gasteiger partial charge in [0.2, 0.25) is 10.0 Å². The van der Waals surface area contributed by atoms with Gasteiger partial charge >= 0.3 is 0 Å². The number of nitrogens with one attached hydrogen (secondary N) is 1. The van der Waals surface area contributed by atoms with Gasteiger partial charge in [0.25, 0.3) is 5.91 Å². The molecule has 0 spiro atoms.